The lowest BCUT2D eigenvalue weighted by molar-refractivity contribution is 0.104. The number of carbonyl (C=O) groups excluding carboxylic acids is 1. The van der Waals surface area contributed by atoms with Gasteiger partial charge >= 0.3 is 0 Å². The molecule has 1 aliphatic rings. The largest absolute Gasteiger partial charge is 0.497 e. The summed E-state index contributed by atoms with van der Waals surface area (Å²) in [6, 6.07) is 14.9. The molecule has 0 bridgehead atoms. The highest BCUT2D eigenvalue weighted by Crippen LogP contribution is 2.35. The van der Waals surface area contributed by atoms with E-state index in [2.05, 4.69) is 31.3 Å². The van der Waals surface area contributed by atoms with Gasteiger partial charge in [-0.05, 0) is 49.1 Å². The van der Waals surface area contributed by atoms with Gasteiger partial charge in [0.15, 0.2) is 5.78 Å². The van der Waals surface area contributed by atoms with Crippen molar-refractivity contribution >= 4 is 11.5 Å². The van der Waals surface area contributed by atoms with Gasteiger partial charge in [0.2, 0.25) is 0 Å². The van der Waals surface area contributed by atoms with Crippen LogP contribution in [-0.4, -0.2) is 18.4 Å². The maximum Gasteiger partial charge on any atom is 0.187 e. The molecular formula is C23H24N2O2. The van der Waals surface area contributed by atoms with Gasteiger partial charge in [0.25, 0.3) is 0 Å². The molecule has 27 heavy (non-hydrogen) atoms. The van der Waals surface area contributed by atoms with Gasteiger partial charge in [0, 0.05) is 28.4 Å². The van der Waals surface area contributed by atoms with E-state index < -0.39 is 0 Å². The summed E-state index contributed by atoms with van der Waals surface area (Å²) in [5.74, 6) is 0.646. The van der Waals surface area contributed by atoms with E-state index in [1.165, 1.54) is 5.56 Å². The number of hydrogen-bond acceptors (Lipinski definition) is 4. The van der Waals surface area contributed by atoms with Crippen molar-refractivity contribution in [3.8, 4) is 11.8 Å². The molecule has 138 valence electrons. The average molecular weight is 360 g/mol. The number of benzene rings is 2. The van der Waals surface area contributed by atoms with Gasteiger partial charge < -0.3 is 10.1 Å². The molecule has 0 unspecified atom stereocenters. The van der Waals surface area contributed by atoms with Crippen LogP contribution in [0.15, 0.2) is 48.5 Å². The molecule has 2 aromatic carbocycles. The summed E-state index contributed by atoms with van der Waals surface area (Å²) in [4.78, 5) is 12.9. The number of ether oxygens (including phenoxy) is 1. The molecule has 0 fully saturated rings. The fraction of sp³-hybridized carbons (Fsp3) is 0.304. The van der Waals surface area contributed by atoms with Crippen molar-refractivity contribution < 1.29 is 9.53 Å². The summed E-state index contributed by atoms with van der Waals surface area (Å²) < 4.78 is 5.38. The van der Waals surface area contributed by atoms with E-state index in [1.54, 1.807) is 37.5 Å². The minimum atomic E-state index is -0.119. The van der Waals surface area contributed by atoms with E-state index in [9.17, 15) is 4.79 Å². The van der Waals surface area contributed by atoms with Crippen molar-refractivity contribution in [1.82, 2.24) is 5.32 Å². The van der Waals surface area contributed by atoms with Crippen LogP contribution in [0.1, 0.15) is 53.7 Å². The predicted octanol–water partition coefficient (Wildman–Crippen LogP) is 4.50. The molecule has 0 radical (unpaired) electrons. The van der Waals surface area contributed by atoms with E-state index in [1.807, 2.05) is 12.1 Å². The van der Waals surface area contributed by atoms with E-state index >= 15 is 0 Å². The lowest BCUT2D eigenvalue weighted by Gasteiger charge is -2.40. The molecule has 2 aromatic rings. The van der Waals surface area contributed by atoms with Gasteiger partial charge in [0.1, 0.15) is 5.75 Å². The molecule has 0 spiro atoms. The zero-order chi connectivity index (χ0) is 19.4. The topological polar surface area (TPSA) is 62.1 Å². The molecule has 1 heterocycles. The molecule has 0 amide bonds. The van der Waals surface area contributed by atoms with Crippen LogP contribution < -0.4 is 10.1 Å². The van der Waals surface area contributed by atoms with Crippen LogP contribution in [0.2, 0.25) is 0 Å². The Morgan fingerprint density at radius 2 is 2.04 bits per heavy atom. The number of methoxy groups -OCH3 is 1. The summed E-state index contributed by atoms with van der Waals surface area (Å²) >= 11 is 0. The zero-order valence-electron chi connectivity index (χ0n) is 16.0. The lowest BCUT2D eigenvalue weighted by atomic mass is 9.79. The summed E-state index contributed by atoms with van der Waals surface area (Å²) in [5, 5.41) is 12.7. The Morgan fingerprint density at radius 3 is 2.70 bits per heavy atom. The van der Waals surface area contributed by atoms with Gasteiger partial charge in [0.05, 0.1) is 18.7 Å². The zero-order valence-corrected chi connectivity index (χ0v) is 16.0. The fourth-order valence-corrected chi connectivity index (χ4v) is 3.60. The standard InChI is InChI=1S/C23H24N2O2/c1-4-23(5-2)14-18-9-10-19(27-3)12-20(18)21(25-23)13-22(26)17-8-6-7-16(11-17)15-24/h6-13,25H,4-5,14H2,1-3H3/b21-13-. The van der Waals surface area contributed by atoms with Gasteiger partial charge in [-0.1, -0.05) is 32.0 Å². The van der Waals surface area contributed by atoms with E-state index in [0.29, 0.717) is 11.1 Å². The minimum Gasteiger partial charge on any atom is -0.497 e. The molecule has 1 N–H and O–H groups in total. The summed E-state index contributed by atoms with van der Waals surface area (Å²) in [7, 11) is 1.64. The van der Waals surface area contributed by atoms with Crippen LogP contribution >= 0.6 is 0 Å². The first-order valence-electron chi connectivity index (χ1n) is 9.26. The van der Waals surface area contributed by atoms with Gasteiger partial charge in [-0.25, -0.2) is 0 Å². The second kappa shape index (κ2) is 7.67. The normalized spacial score (nSPS) is 16.1. The Hall–Kier alpha value is -3.06. The first kappa shape index (κ1) is 18.7. The molecule has 0 saturated carbocycles. The van der Waals surface area contributed by atoms with E-state index in [-0.39, 0.29) is 11.3 Å². The molecule has 4 heteroatoms. The number of nitrogens with one attached hydrogen (secondary N) is 1. The highest BCUT2D eigenvalue weighted by atomic mass is 16.5. The van der Waals surface area contributed by atoms with E-state index in [0.717, 1.165) is 36.3 Å². The van der Waals surface area contributed by atoms with Crippen molar-refractivity contribution in [2.75, 3.05) is 7.11 Å². The summed E-state index contributed by atoms with van der Waals surface area (Å²) in [6.07, 6.45) is 4.48. The van der Waals surface area contributed by atoms with Crippen LogP contribution in [0.4, 0.5) is 0 Å². The van der Waals surface area contributed by atoms with Crippen LogP contribution in [-0.2, 0) is 6.42 Å². The summed E-state index contributed by atoms with van der Waals surface area (Å²) in [5.41, 5.74) is 3.94. The number of nitriles is 1. The molecule has 0 atom stereocenters. The highest BCUT2D eigenvalue weighted by molar-refractivity contribution is 6.08. The smallest absolute Gasteiger partial charge is 0.187 e. The number of allylic oxidation sites excluding steroid dienone is 1. The second-order valence-corrected chi connectivity index (χ2v) is 6.93. The summed E-state index contributed by atoms with van der Waals surface area (Å²) in [6.45, 7) is 4.34. The van der Waals surface area contributed by atoms with Gasteiger partial charge in [-0.3, -0.25) is 4.79 Å². The van der Waals surface area contributed by atoms with Crippen LogP contribution in [0.3, 0.4) is 0 Å². The molecule has 0 aromatic heterocycles. The third-order valence-electron chi connectivity index (χ3n) is 5.44. The molecule has 0 saturated heterocycles. The van der Waals surface area contributed by atoms with Crippen molar-refractivity contribution in [2.45, 2.75) is 38.6 Å². The van der Waals surface area contributed by atoms with Crippen molar-refractivity contribution in [1.29, 1.82) is 5.26 Å². The molecule has 4 nitrogen and oxygen atoms in total. The third-order valence-corrected chi connectivity index (χ3v) is 5.44. The van der Waals surface area contributed by atoms with Crippen LogP contribution in [0, 0.1) is 11.3 Å². The Kier molecular flexibility index (Phi) is 5.32. The maximum absolute atomic E-state index is 12.9. The number of ketones is 1. The average Bonchev–Trinajstić information content (AvgIpc) is 2.73. The van der Waals surface area contributed by atoms with Crippen molar-refractivity contribution in [3.05, 3.63) is 70.8 Å². The maximum atomic E-state index is 12.9. The van der Waals surface area contributed by atoms with Crippen LogP contribution in [0.25, 0.3) is 5.70 Å². The Morgan fingerprint density at radius 1 is 1.26 bits per heavy atom. The molecule has 3 rings (SSSR count). The van der Waals surface area contributed by atoms with Gasteiger partial charge in [-0.15, -0.1) is 0 Å². The Labute approximate surface area is 160 Å². The fourth-order valence-electron chi connectivity index (χ4n) is 3.60. The lowest BCUT2D eigenvalue weighted by Crippen LogP contribution is -2.48. The van der Waals surface area contributed by atoms with Crippen LogP contribution in [0.5, 0.6) is 5.75 Å². The highest BCUT2D eigenvalue weighted by Gasteiger charge is 2.33. The van der Waals surface area contributed by atoms with Gasteiger partial charge in [-0.2, -0.15) is 5.26 Å². The number of nitrogens with zero attached hydrogens (tertiary/aromatic N) is 1. The number of fused-ring (bicyclic) bond motifs is 1. The number of hydrogen-bond donors (Lipinski definition) is 1. The monoisotopic (exact) mass is 360 g/mol. The van der Waals surface area contributed by atoms with Crippen molar-refractivity contribution in [2.24, 2.45) is 0 Å². The Balaban J connectivity index is 2.07. The number of rotatable bonds is 5. The predicted molar refractivity (Wildman–Crippen MR) is 107 cm³/mol. The minimum absolute atomic E-state index is 0.0673. The molecule has 1 aliphatic heterocycles. The van der Waals surface area contributed by atoms with E-state index in [4.69, 9.17) is 10.00 Å². The third kappa shape index (κ3) is 3.73. The quantitative estimate of drug-likeness (QED) is 0.630. The van der Waals surface area contributed by atoms with Crippen molar-refractivity contribution in [3.63, 3.8) is 0 Å². The Bertz CT molecular complexity index is 934. The molecular weight excluding hydrogens is 336 g/mol. The number of carbonyl (C=O) groups is 1. The second-order valence-electron chi connectivity index (χ2n) is 6.93. The first-order chi connectivity index (χ1) is 13.0. The SMILES string of the molecule is CCC1(CC)Cc2ccc(OC)cc2/C(=C/C(=O)c2cccc(C#N)c2)N1. The first-order valence-corrected chi connectivity index (χ1v) is 9.26. The molecule has 0 aliphatic carbocycles.